The molecular formula is C22H13ClN2. The molecule has 0 N–H and O–H groups in total. The maximum atomic E-state index is 6.15. The molecule has 0 spiro atoms. The zero-order valence-corrected chi connectivity index (χ0v) is 14.0. The fraction of sp³-hybridized carbons (Fsp3) is 0. The third kappa shape index (κ3) is 2.43. The van der Waals surface area contributed by atoms with Crippen LogP contribution in [0.2, 0.25) is 5.02 Å². The Kier molecular flexibility index (Phi) is 3.19. The average molecular weight is 341 g/mol. The van der Waals surface area contributed by atoms with Crippen LogP contribution in [-0.2, 0) is 0 Å². The average Bonchev–Trinajstić information content (AvgIpc) is 2.66. The smallest absolute Gasteiger partial charge is 0.0973 e. The van der Waals surface area contributed by atoms with Crippen LogP contribution in [0.3, 0.4) is 0 Å². The van der Waals surface area contributed by atoms with Gasteiger partial charge in [-0.3, -0.25) is 0 Å². The number of aromatic nitrogens is 2. The largest absolute Gasteiger partial charge is 0.244 e. The van der Waals surface area contributed by atoms with Crippen molar-refractivity contribution in [3.05, 3.63) is 83.9 Å². The fourth-order valence-corrected chi connectivity index (χ4v) is 3.44. The normalized spacial score (nSPS) is 11.4. The minimum atomic E-state index is 0.737. The van der Waals surface area contributed by atoms with E-state index in [1.165, 1.54) is 0 Å². The lowest BCUT2D eigenvalue weighted by atomic mass is 10.0. The minimum Gasteiger partial charge on any atom is -0.244 e. The van der Waals surface area contributed by atoms with Crippen LogP contribution >= 0.6 is 11.6 Å². The van der Waals surface area contributed by atoms with Gasteiger partial charge in [0.2, 0.25) is 0 Å². The number of hydrogen-bond donors (Lipinski definition) is 0. The lowest BCUT2D eigenvalue weighted by Crippen LogP contribution is -1.89. The van der Waals surface area contributed by atoms with E-state index in [0.29, 0.717) is 0 Å². The van der Waals surface area contributed by atoms with E-state index in [1.54, 1.807) is 0 Å². The van der Waals surface area contributed by atoms with Gasteiger partial charge < -0.3 is 0 Å². The van der Waals surface area contributed by atoms with Crippen LogP contribution in [0, 0.1) is 0 Å². The lowest BCUT2D eigenvalue weighted by Gasteiger charge is -2.08. The van der Waals surface area contributed by atoms with Gasteiger partial charge in [0.1, 0.15) is 0 Å². The van der Waals surface area contributed by atoms with E-state index in [4.69, 9.17) is 21.6 Å². The quantitative estimate of drug-likeness (QED) is 0.266. The number of hydrogen-bond acceptors (Lipinski definition) is 2. The number of benzene rings is 4. The van der Waals surface area contributed by atoms with Crippen molar-refractivity contribution >= 4 is 44.4 Å². The molecule has 0 saturated heterocycles. The first-order valence-electron chi connectivity index (χ1n) is 8.13. The summed E-state index contributed by atoms with van der Waals surface area (Å²) < 4.78 is 0. The van der Waals surface area contributed by atoms with Crippen molar-refractivity contribution in [2.75, 3.05) is 0 Å². The van der Waals surface area contributed by atoms with E-state index in [9.17, 15) is 0 Å². The van der Waals surface area contributed by atoms with Gasteiger partial charge in [-0.25, -0.2) is 9.97 Å². The van der Waals surface area contributed by atoms with Crippen molar-refractivity contribution in [3.63, 3.8) is 0 Å². The molecule has 3 heteroatoms. The highest BCUT2D eigenvalue weighted by Crippen LogP contribution is 2.30. The second-order valence-electron chi connectivity index (χ2n) is 6.09. The summed E-state index contributed by atoms with van der Waals surface area (Å²) in [6, 6.07) is 26.4. The van der Waals surface area contributed by atoms with Crippen molar-refractivity contribution in [1.82, 2.24) is 9.97 Å². The van der Waals surface area contributed by atoms with Crippen molar-refractivity contribution < 1.29 is 0 Å². The van der Waals surface area contributed by atoms with Crippen LogP contribution in [0.4, 0.5) is 0 Å². The Bertz CT molecular complexity index is 1260. The second kappa shape index (κ2) is 5.54. The third-order valence-electron chi connectivity index (χ3n) is 4.48. The standard InChI is InChI=1S/C22H13ClN2/c23-17-5-3-4-15(12-17)16-9-8-14-10-11-21-22(18(14)13-16)25-20-7-2-1-6-19(20)24-21/h1-13H. The molecule has 0 amide bonds. The third-order valence-corrected chi connectivity index (χ3v) is 4.72. The summed E-state index contributed by atoms with van der Waals surface area (Å²) in [7, 11) is 0. The predicted molar refractivity (Wildman–Crippen MR) is 105 cm³/mol. The maximum Gasteiger partial charge on any atom is 0.0973 e. The highest BCUT2D eigenvalue weighted by atomic mass is 35.5. The summed E-state index contributed by atoms with van der Waals surface area (Å²) >= 11 is 6.15. The van der Waals surface area contributed by atoms with Gasteiger partial charge in [-0.15, -0.1) is 0 Å². The first-order valence-corrected chi connectivity index (χ1v) is 8.51. The first kappa shape index (κ1) is 14.4. The molecule has 1 heterocycles. The Labute approximate surface area is 149 Å². The summed E-state index contributed by atoms with van der Waals surface area (Å²) in [4.78, 5) is 9.63. The molecule has 0 aliphatic heterocycles. The second-order valence-corrected chi connectivity index (χ2v) is 6.53. The fourth-order valence-electron chi connectivity index (χ4n) is 3.25. The van der Waals surface area contributed by atoms with Gasteiger partial charge in [0, 0.05) is 10.4 Å². The molecule has 5 aromatic rings. The summed E-state index contributed by atoms with van der Waals surface area (Å²) in [5.74, 6) is 0. The van der Waals surface area contributed by atoms with Crippen LogP contribution in [0.5, 0.6) is 0 Å². The molecule has 25 heavy (non-hydrogen) atoms. The minimum absolute atomic E-state index is 0.737. The van der Waals surface area contributed by atoms with Crippen molar-refractivity contribution in [3.8, 4) is 11.1 Å². The highest BCUT2D eigenvalue weighted by Gasteiger charge is 2.07. The number of halogens is 1. The monoisotopic (exact) mass is 340 g/mol. The molecule has 0 unspecified atom stereocenters. The molecule has 0 aliphatic rings. The van der Waals surface area contributed by atoms with E-state index < -0.39 is 0 Å². The topological polar surface area (TPSA) is 25.8 Å². The number of nitrogens with zero attached hydrogens (tertiary/aromatic N) is 2. The molecular weight excluding hydrogens is 328 g/mol. The molecule has 4 aromatic carbocycles. The van der Waals surface area contributed by atoms with Gasteiger partial charge in [-0.05, 0) is 52.9 Å². The molecule has 5 rings (SSSR count). The van der Waals surface area contributed by atoms with E-state index in [1.807, 2.05) is 48.5 Å². The van der Waals surface area contributed by atoms with Crippen LogP contribution in [0.1, 0.15) is 0 Å². The van der Waals surface area contributed by atoms with Gasteiger partial charge in [-0.1, -0.05) is 54.1 Å². The number of fused-ring (bicyclic) bond motifs is 4. The molecule has 0 aliphatic carbocycles. The number of rotatable bonds is 1. The zero-order valence-electron chi connectivity index (χ0n) is 13.3. The summed E-state index contributed by atoms with van der Waals surface area (Å²) in [6.45, 7) is 0. The van der Waals surface area contributed by atoms with Crippen molar-refractivity contribution in [1.29, 1.82) is 0 Å². The van der Waals surface area contributed by atoms with E-state index >= 15 is 0 Å². The van der Waals surface area contributed by atoms with E-state index in [-0.39, 0.29) is 0 Å². The van der Waals surface area contributed by atoms with Gasteiger partial charge in [0.15, 0.2) is 0 Å². The van der Waals surface area contributed by atoms with E-state index in [0.717, 1.165) is 49.0 Å². The maximum absolute atomic E-state index is 6.15. The number of para-hydroxylation sites is 2. The Hall–Kier alpha value is -2.97. The summed E-state index contributed by atoms with van der Waals surface area (Å²) in [6.07, 6.45) is 0. The summed E-state index contributed by atoms with van der Waals surface area (Å²) in [5.41, 5.74) is 5.89. The molecule has 118 valence electrons. The highest BCUT2D eigenvalue weighted by molar-refractivity contribution is 6.30. The lowest BCUT2D eigenvalue weighted by molar-refractivity contribution is 1.41. The van der Waals surface area contributed by atoms with Crippen molar-refractivity contribution in [2.24, 2.45) is 0 Å². The van der Waals surface area contributed by atoms with Crippen LogP contribution in [0.25, 0.3) is 44.0 Å². The molecule has 0 fully saturated rings. The van der Waals surface area contributed by atoms with Gasteiger partial charge >= 0.3 is 0 Å². The summed E-state index contributed by atoms with van der Waals surface area (Å²) in [5, 5.41) is 3.00. The van der Waals surface area contributed by atoms with Gasteiger partial charge in [0.05, 0.1) is 22.1 Å². The first-order chi connectivity index (χ1) is 12.3. The van der Waals surface area contributed by atoms with Crippen LogP contribution in [0.15, 0.2) is 78.9 Å². The van der Waals surface area contributed by atoms with E-state index in [2.05, 4.69) is 30.3 Å². The van der Waals surface area contributed by atoms with Crippen molar-refractivity contribution in [2.45, 2.75) is 0 Å². The van der Waals surface area contributed by atoms with Gasteiger partial charge in [-0.2, -0.15) is 0 Å². The Morgan fingerprint density at radius 2 is 1.36 bits per heavy atom. The molecule has 0 saturated carbocycles. The zero-order chi connectivity index (χ0) is 16.8. The molecule has 1 aromatic heterocycles. The Morgan fingerprint density at radius 3 is 2.20 bits per heavy atom. The Balaban J connectivity index is 1.84. The molecule has 2 nitrogen and oxygen atoms in total. The molecule has 0 bridgehead atoms. The SMILES string of the molecule is Clc1cccc(-c2ccc3ccc4nc5ccccc5nc4c3c2)c1. The van der Waals surface area contributed by atoms with Crippen LogP contribution in [-0.4, -0.2) is 9.97 Å². The van der Waals surface area contributed by atoms with Crippen LogP contribution < -0.4 is 0 Å². The predicted octanol–water partition coefficient (Wildman–Crippen LogP) is 6.26. The molecule has 0 radical (unpaired) electrons. The Morgan fingerprint density at radius 1 is 0.600 bits per heavy atom. The molecule has 0 atom stereocenters. The van der Waals surface area contributed by atoms with Gasteiger partial charge in [0.25, 0.3) is 0 Å².